The predicted molar refractivity (Wildman–Crippen MR) is 60.0 cm³/mol. The number of H-pyrrole nitrogens is 1. The second-order valence-corrected chi connectivity index (χ2v) is 3.48. The maximum atomic E-state index is 11.5. The fourth-order valence-corrected chi connectivity index (χ4v) is 1.40. The third-order valence-corrected chi connectivity index (χ3v) is 2.24. The molecule has 1 heterocycles. The summed E-state index contributed by atoms with van der Waals surface area (Å²) in [5.74, 6) is 0.495. The summed E-state index contributed by atoms with van der Waals surface area (Å²) in [5, 5.41) is 3.44. The minimum atomic E-state index is 0.0556. The SMILES string of the molecule is [N-]=[N+]=NCCCCCCC(=O)c1ncc[nH]1. The molecule has 86 valence electrons. The number of carbonyl (C=O) groups excluding carboxylic acids is 1. The summed E-state index contributed by atoms with van der Waals surface area (Å²) in [6.07, 6.45) is 7.46. The standard InChI is InChI=1S/C10H15N5O/c11-15-14-6-4-2-1-3-5-9(16)10-12-7-8-13-10/h7-8H,1-6H2,(H,12,13). The van der Waals surface area contributed by atoms with E-state index in [2.05, 4.69) is 20.0 Å². The molecule has 0 fully saturated rings. The topological polar surface area (TPSA) is 94.5 Å². The molecule has 16 heavy (non-hydrogen) atoms. The van der Waals surface area contributed by atoms with Crippen LogP contribution in [0.2, 0.25) is 0 Å². The van der Waals surface area contributed by atoms with E-state index < -0.39 is 0 Å². The number of aromatic amines is 1. The van der Waals surface area contributed by atoms with E-state index in [1.807, 2.05) is 0 Å². The Hall–Kier alpha value is -1.81. The number of aromatic nitrogens is 2. The van der Waals surface area contributed by atoms with Gasteiger partial charge in [0, 0.05) is 30.3 Å². The van der Waals surface area contributed by atoms with Crippen LogP contribution in [0.1, 0.15) is 42.7 Å². The normalized spacial score (nSPS) is 9.75. The van der Waals surface area contributed by atoms with Crippen molar-refractivity contribution in [2.24, 2.45) is 5.11 Å². The highest BCUT2D eigenvalue weighted by atomic mass is 16.1. The fraction of sp³-hybridized carbons (Fsp3) is 0.600. The van der Waals surface area contributed by atoms with E-state index in [1.54, 1.807) is 12.4 Å². The summed E-state index contributed by atoms with van der Waals surface area (Å²) in [6.45, 7) is 0.544. The number of rotatable bonds is 8. The molecule has 1 rings (SSSR count). The molecule has 0 unspecified atom stereocenters. The molecule has 0 atom stereocenters. The van der Waals surface area contributed by atoms with Gasteiger partial charge in [-0.05, 0) is 18.4 Å². The van der Waals surface area contributed by atoms with E-state index in [0.717, 1.165) is 25.7 Å². The van der Waals surface area contributed by atoms with Gasteiger partial charge in [0.2, 0.25) is 0 Å². The largest absolute Gasteiger partial charge is 0.342 e. The van der Waals surface area contributed by atoms with Gasteiger partial charge < -0.3 is 4.98 Å². The number of hydrogen-bond donors (Lipinski definition) is 1. The van der Waals surface area contributed by atoms with E-state index in [4.69, 9.17) is 5.53 Å². The molecule has 6 heteroatoms. The molecular weight excluding hydrogens is 206 g/mol. The monoisotopic (exact) mass is 221 g/mol. The zero-order valence-corrected chi connectivity index (χ0v) is 9.09. The molecule has 0 amide bonds. The zero-order valence-electron chi connectivity index (χ0n) is 9.09. The fourth-order valence-electron chi connectivity index (χ4n) is 1.40. The number of carbonyl (C=O) groups is 1. The van der Waals surface area contributed by atoms with Crippen LogP contribution in [0.15, 0.2) is 17.5 Å². The molecule has 1 N–H and O–H groups in total. The second-order valence-electron chi connectivity index (χ2n) is 3.48. The van der Waals surface area contributed by atoms with Gasteiger partial charge in [0.1, 0.15) is 0 Å². The summed E-state index contributed by atoms with van der Waals surface area (Å²) >= 11 is 0. The van der Waals surface area contributed by atoms with Gasteiger partial charge in [-0.2, -0.15) is 0 Å². The van der Waals surface area contributed by atoms with Crippen LogP contribution in [0.25, 0.3) is 10.4 Å². The molecule has 1 aromatic heterocycles. The smallest absolute Gasteiger partial charge is 0.198 e. The zero-order chi connectivity index (χ0) is 11.6. The van der Waals surface area contributed by atoms with Gasteiger partial charge in [0.25, 0.3) is 0 Å². The first-order valence-electron chi connectivity index (χ1n) is 5.38. The average molecular weight is 221 g/mol. The molecule has 0 radical (unpaired) electrons. The third kappa shape index (κ3) is 4.61. The van der Waals surface area contributed by atoms with Crippen LogP contribution in [-0.4, -0.2) is 22.3 Å². The number of Topliss-reactive ketones (excluding diaryl/α,β-unsaturated/α-hetero) is 1. The van der Waals surface area contributed by atoms with Crippen molar-refractivity contribution in [3.63, 3.8) is 0 Å². The molecule has 1 aromatic rings. The maximum Gasteiger partial charge on any atom is 0.198 e. The number of azide groups is 1. The predicted octanol–water partition coefficient (Wildman–Crippen LogP) is 2.85. The molecular formula is C10H15N5O. The van der Waals surface area contributed by atoms with Gasteiger partial charge in [-0.3, -0.25) is 4.79 Å². The van der Waals surface area contributed by atoms with Crippen LogP contribution >= 0.6 is 0 Å². The lowest BCUT2D eigenvalue weighted by Crippen LogP contribution is -2.01. The van der Waals surface area contributed by atoms with Gasteiger partial charge in [0.05, 0.1) is 0 Å². The van der Waals surface area contributed by atoms with Gasteiger partial charge >= 0.3 is 0 Å². The van der Waals surface area contributed by atoms with E-state index in [9.17, 15) is 4.79 Å². The highest BCUT2D eigenvalue weighted by Gasteiger charge is 2.06. The summed E-state index contributed by atoms with van der Waals surface area (Å²) in [4.78, 5) is 20.8. The number of unbranched alkanes of at least 4 members (excludes halogenated alkanes) is 3. The summed E-state index contributed by atoms with van der Waals surface area (Å²) < 4.78 is 0. The van der Waals surface area contributed by atoms with Crippen molar-refractivity contribution in [1.82, 2.24) is 9.97 Å². The van der Waals surface area contributed by atoms with E-state index in [-0.39, 0.29) is 5.78 Å². The summed E-state index contributed by atoms with van der Waals surface area (Å²) in [5.41, 5.74) is 8.05. The Morgan fingerprint density at radius 1 is 1.44 bits per heavy atom. The summed E-state index contributed by atoms with van der Waals surface area (Å²) in [6, 6.07) is 0. The van der Waals surface area contributed by atoms with Gasteiger partial charge in [-0.15, -0.1) is 0 Å². The Balaban J connectivity index is 2.03. The Kier molecular flexibility index (Phi) is 5.73. The number of nitrogens with one attached hydrogen (secondary N) is 1. The van der Waals surface area contributed by atoms with Gasteiger partial charge in [0.15, 0.2) is 11.6 Å². The van der Waals surface area contributed by atoms with Crippen molar-refractivity contribution >= 4 is 5.78 Å². The lowest BCUT2D eigenvalue weighted by atomic mass is 10.1. The number of imidazole rings is 1. The molecule has 0 aliphatic rings. The minimum absolute atomic E-state index is 0.0556. The van der Waals surface area contributed by atoms with E-state index in [1.165, 1.54) is 0 Å². The molecule has 0 spiro atoms. The van der Waals surface area contributed by atoms with Crippen molar-refractivity contribution in [3.8, 4) is 0 Å². The lowest BCUT2D eigenvalue weighted by Gasteiger charge is -1.98. The number of hydrogen-bond acceptors (Lipinski definition) is 3. The summed E-state index contributed by atoms with van der Waals surface area (Å²) in [7, 11) is 0. The van der Waals surface area contributed by atoms with E-state index >= 15 is 0 Å². The first kappa shape index (κ1) is 12.3. The molecule has 6 nitrogen and oxygen atoms in total. The lowest BCUT2D eigenvalue weighted by molar-refractivity contribution is 0.0970. The van der Waals surface area contributed by atoms with E-state index in [0.29, 0.717) is 18.8 Å². The van der Waals surface area contributed by atoms with Crippen LogP contribution in [0.4, 0.5) is 0 Å². The Morgan fingerprint density at radius 2 is 2.25 bits per heavy atom. The van der Waals surface area contributed by atoms with Crippen molar-refractivity contribution in [2.45, 2.75) is 32.1 Å². The first-order chi connectivity index (χ1) is 7.84. The van der Waals surface area contributed by atoms with Gasteiger partial charge in [-0.25, -0.2) is 4.98 Å². The number of nitrogens with zero attached hydrogens (tertiary/aromatic N) is 4. The number of ketones is 1. The van der Waals surface area contributed by atoms with Crippen LogP contribution in [-0.2, 0) is 0 Å². The molecule has 0 aliphatic carbocycles. The van der Waals surface area contributed by atoms with Crippen molar-refractivity contribution < 1.29 is 4.79 Å². The highest BCUT2D eigenvalue weighted by molar-refractivity contribution is 5.92. The molecule has 0 saturated carbocycles. The molecule has 0 aliphatic heterocycles. The third-order valence-electron chi connectivity index (χ3n) is 2.24. The average Bonchev–Trinajstić information content (AvgIpc) is 2.81. The van der Waals surface area contributed by atoms with Gasteiger partial charge in [-0.1, -0.05) is 18.0 Å². The van der Waals surface area contributed by atoms with Crippen molar-refractivity contribution in [1.29, 1.82) is 0 Å². The quantitative estimate of drug-likeness (QED) is 0.240. The molecule has 0 bridgehead atoms. The molecule has 0 saturated heterocycles. The maximum absolute atomic E-state index is 11.5. The van der Waals surface area contributed by atoms with Crippen molar-refractivity contribution in [2.75, 3.05) is 6.54 Å². The second kappa shape index (κ2) is 7.48. The Morgan fingerprint density at radius 3 is 2.94 bits per heavy atom. The minimum Gasteiger partial charge on any atom is -0.342 e. The van der Waals surface area contributed by atoms with Crippen molar-refractivity contribution in [3.05, 3.63) is 28.7 Å². The van der Waals surface area contributed by atoms with Crippen LogP contribution in [0.3, 0.4) is 0 Å². The van der Waals surface area contributed by atoms with Crippen LogP contribution in [0.5, 0.6) is 0 Å². The molecule has 0 aromatic carbocycles. The Labute approximate surface area is 93.7 Å². The first-order valence-corrected chi connectivity index (χ1v) is 5.38. The Bertz CT molecular complexity index is 353. The van der Waals surface area contributed by atoms with Crippen LogP contribution in [0, 0.1) is 0 Å². The highest BCUT2D eigenvalue weighted by Crippen LogP contribution is 2.06. The van der Waals surface area contributed by atoms with Crippen LogP contribution < -0.4 is 0 Å².